The number of nitrogens with zero attached hydrogens (tertiary/aromatic N) is 1. The smallest absolute Gasteiger partial charge is 0.240 e. The second-order valence-electron chi connectivity index (χ2n) is 4.96. The number of anilines is 2. The largest absolute Gasteiger partial charge is 0.398 e. The van der Waals surface area contributed by atoms with Gasteiger partial charge in [0.25, 0.3) is 0 Å². The molecule has 0 aliphatic heterocycles. The van der Waals surface area contributed by atoms with Crippen LogP contribution in [0.15, 0.2) is 23.1 Å². The van der Waals surface area contributed by atoms with Crippen molar-refractivity contribution in [2.45, 2.75) is 23.8 Å². The molecule has 7 nitrogen and oxygen atoms in total. The summed E-state index contributed by atoms with van der Waals surface area (Å²) in [4.78, 5) is 13.3. The van der Waals surface area contributed by atoms with Gasteiger partial charge in [0.2, 0.25) is 15.9 Å². The molecule has 0 saturated heterocycles. The van der Waals surface area contributed by atoms with E-state index >= 15 is 0 Å². The quantitative estimate of drug-likeness (QED) is 0.641. The number of amides is 1. The van der Waals surface area contributed by atoms with Crippen LogP contribution in [0.25, 0.3) is 0 Å². The molecule has 8 heteroatoms. The highest BCUT2D eigenvalue weighted by molar-refractivity contribution is 7.89. The first-order valence-electron chi connectivity index (χ1n) is 6.20. The van der Waals surface area contributed by atoms with Crippen LogP contribution in [0, 0.1) is 0 Å². The molecular weight excluding hydrogens is 280 g/mol. The monoisotopic (exact) mass is 298 g/mol. The van der Waals surface area contributed by atoms with Crippen LogP contribution in [0.3, 0.4) is 0 Å². The Balaban J connectivity index is 2.08. The first-order valence-corrected chi connectivity index (χ1v) is 7.75. The zero-order valence-electron chi connectivity index (χ0n) is 11.2. The molecule has 1 amide bonds. The summed E-state index contributed by atoms with van der Waals surface area (Å²) in [7, 11) is -2.10. The molecular formula is C12H18N4O3S. The number of rotatable bonds is 5. The van der Waals surface area contributed by atoms with Crippen molar-refractivity contribution >= 4 is 27.3 Å². The van der Waals surface area contributed by atoms with Gasteiger partial charge in [0, 0.05) is 18.8 Å². The van der Waals surface area contributed by atoms with Crippen molar-refractivity contribution in [1.29, 1.82) is 0 Å². The maximum atomic E-state index is 11.7. The van der Waals surface area contributed by atoms with Crippen molar-refractivity contribution < 1.29 is 13.2 Å². The Bertz CT molecular complexity index is 626. The number of benzene rings is 1. The number of carbonyl (C=O) groups is 1. The standard InChI is InChI=1S/C12H18N4O3S/c1-16(7-12(17)15-8-2-3-8)9-4-5-11(10(13)6-9)20(14,18)19/h4-6,8H,2-3,7,13H2,1H3,(H,15,17)(H2,14,18,19). The molecule has 0 spiro atoms. The number of nitrogens with two attached hydrogens (primary N) is 2. The minimum Gasteiger partial charge on any atom is -0.398 e. The molecule has 0 radical (unpaired) electrons. The predicted octanol–water partition coefficient (Wildman–Crippen LogP) is -0.369. The molecule has 1 aliphatic carbocycles. The van der Waals surface area contributed by atoms with Crippen molar-refractivity contribution in [3.8, 4) is 0 Å². The van der Waals surface area contributed by atoms with Gasteiger partial charge in [0.15, 0.2) is 0 Å². The first-order chi connectivity index (χ1) is 9.27. The van der Waals surface area contributed by atoms with Crippen LogP contribution < -0.4 is 21.1 Å². The lowest BCUT2D eigenvalue weighted by Gasteiger charge is -2.19. The Labute approximate surface area is 118 Å². The molecule has 0 unspecified atom stereocenters. The van der Waals surface area contributed by atoms with Crippen LogP contribution in [-0.2, 0) is 14.8 Å². The molecule has 0 bridgehead atoms. The van der Waals surface area contributed by atoms with E-state index in [0.717, 1.165) is 12.8 Å². The fraction of sp³-hybridized carbons (Fsp3) is 0.417. The van der Waals surface area contributed by atoms with Crippen molar-refractivity contribution in [2.75, 3.05) is 24.2 Å². The molecule has 0 aromatic heterocycles. The van der Waals surface area contributed by atoms with Crippen molar-refractivity contribution in [3.05, 3.63) is 18.2 Å². The maximum absolute atomic E-state index is 11.7. The van der Waals surface area contributed by atoms with E-state index in [1.165, 1.54) is 12.1 Å². The van der Waals surface area contributed by atoms with Crippen LogP contribution in [0.5, 0.6) is 0 Å². The summed E-state index contributed by atoms with van der Waals surface area (Å²) in [6, 6.07) is 4.71. The highest BCUT2D eigenvalue weighted by Crippen LogP contribution is 2.23. The number of nitrogens with one attached hydrogen (secondary N) is 1. The Morgan fingerprint density at radius 3 is 2.60 bits per heavy atom. The highest BCUT2D eigenvalue weighted by Gasteiger charge is 2.23. The van der Waals surface area contributed by atoms with E-state index in [1.54, 1.807) is 18.0 Å². The maximum Gasteiger partial charge on any atom is 0.240 e. The minimum absolute atomic E-state index is 0.0657. The lowest BCUT2D eigenvalue weighted by Crippen LogP contribution is -2.36. The number of primary sulfonamides is 1. The topological polar surface area (TPSA) is 119 Å². The molecule has 0 atom stereocenters. The molecule has 1 aromatic rings. The van der Waals surface area contributed by atoms with Crippen molar-refractivity contribution in [3.63, 3.8) is 0 Å². The van der Waals surface area contributed by atoms with Gasteiger partial charge >= 0.3 is 0 Å². The van der Waals surface area contributed by atoms with Crippen LogP contribution in [-0.4, -0.2) is 34.0 Å². The number of hydrogen-bond acceptors (Lipinski definition) is 5. The van der Waals surface area contributed by atoms with Crippen molar-refractivity contribution in [1.82, 2.24) is 5.32 Å². The van der Waals surface area contributed by atoms with Gasteiger partial charge in [-0.15, -0.1) is 0 Å². The molecule has 1 aliphatic rings. The fourth-order valence-electron chi connectivity index (χ4n) is 1.84. The Morgan fingerprint density at radius 1 is 1.45 bits per heavy atom. The third kappa shape index (κ3) is 3.61. The lowest BCUT2D eigenvalue weighted by molar-refractivity contribution is -0.119. The Kier molecular flexibility index (Phi) is 3.87. The summed E-state index contributed by atoms with van der Waals surface area (Å²) < 4.78 is 22.5. The Hall–Kier alpha value is -1.80. The lowest BCUT2D eigenvalue weighted by atomic mass is 10.2. The third-order valence-electron chi connectivity index (χ3n) is 3.06. The molecule has 110 valence electrons. The SMILES string of the molecule is CN(CC(=O)NC1CC1)c1ccc(S(N)(=O)=O)c(N)c1. The highest BCUT2D eigenvalue weighted by atomic mass is 32.2. The molecule has 1 saturated carbocycles. The summed E-state index contributed by atoms with van der Waals surface area (Å²) in [5.74, 6) is -0.0657. The molecule has 1 fully saturated rings. The second kappa shape index (κ2) is 5.29. The predicted molar refractivity (Wildman–Crippen MR) is 76.7 cm³/mol. The van der Waals surface area contributed by atoms with Crippen molar-refractivity contribution in [2.24, 2.45) is 5.14 Å². The van der Waals surface area contributed by atoms with E-state index < -0.39 is 10.0 Å². The second-order valence-corrected chi connectivity index (χ2v) is 6.49. The van der Waals surface area contributed by atoms with Gasteiger partial charge in [-0.2, -0.15) is 0 Å². The van der Waals surface area contributed by atoms with Gasteiger partial charge in [-0.3, -0.25) is 4.79 Å². The molecule has 0 heterocycles. The van der Waals surface area contributed by atoms with Crippen LogP contribution in [0.1, 0.15) is 12.8 Å². The number of carbonyl (C=O) groups excluding carboxylic acids is 1. The molecule has 20 heavy (non-hydrogen) atoms. The summed E-state index contributed by atoms with van der Waals surface area (Å²) >= 11 is 0. The van der Waals surface area contributed by atoms with Gasteiger partial charge in [-0.1, -0.05) is 0 Å². The van der Waals surface area contributed by atoms with Crippen LogP contribution >= 0.6 is 0 Å². The van der Waals surface area contributed by atoms with E-state index in [4.69, 9.17) is 10.9 Å². The van der Waals surface area contributed by atoms with E-state index in [1.807, 2.05) is 0 Å². The van der Waals surface area contributed by atoms with Crippen LogP contribution in [0.4, 0.5) is 11.4 Å². The summed E-state index contributed by atoms with van der Waals surface area (Å²) in [5, 5.41) is 7.92. The minimum atomic E-state index is -3.83. The van der Waals surface area contributed by atoms with E-state index in [0.29, 0.717) is 11.7 Å². The van der Waals surface area contributed by atoms with Gasteiger partial charge < -0.3 is 16.0 Å². The van der Waals surface area contributed by atoms with E-state index in [9.17, 15) is 13.2 Å². The first kappa shape index (κ1) is 14.6. The average molecular weight is 298 g/mol. The zero-order chi connectivity index (χ0) is 14.9. The number of nitrogen functional groups attached to an aromatic ring is 1. The molecule has 5 N–H and O–H groups in total. The fourth-order valence-corrected chi connectivity index (χ4v) is 2.49. The summed E-state index contributed by atoms with van der Waals surface area (Å²) in [6.07, 6.45) is 2.07. The number of sulfonamides is 1. The Morgan fingerprint density at radius 2 is 2.10 bits per heavy atom. The van der Waals surface area contributed by atoms with E-state index in [-0.39, 0.29) is 23.0 Å². The summed E-state index contributed by atoms with van der Waals surface area (Å²) in [6.45, 7) is 0.185. The normalized spacial score (nSPS) is 14.9. The van der Waals surface area contributed by atoms with Gasteiger partial charge in [0.1, 0.15) is 4.90 Å². The number of hydrogen-bond donors (Lipinski definition) is 3. The van der Waals surface area contributed by atoms with E-state index in [2.05, 4.69) is 5.32 Å². The van der Waals surface area contributed by atoms with Gasteiger partial charge in [-0.05, 0) is 31.0 Å². The average Bonchev–Trinajstić information content (AvgIpc) is 3.10. The number of likely N-dealkylation sites (N-methyl/N-ethyl adjacent to an activating group) is 1. The third-order valence-corrected chi connectivity index (χ3v) is 4.05. The zero-order valence-corrected chi connectivity index (χ0v) is 12.0. The molecule has 2 rings (SSSR count). The molecule has 1 aromatic carbocycles. The van der Waals surface area contributed by atoms with Crippen LogP contribution in [0.2, 0.25) is 0 Å². The summed E-state index contributed by atoms with van der Waals surface area (Å²) in [5.41, 5.74) is 6.40. The van der Waals surface area contributed by atoms with Gasteiger partial charge in [0.05, 0.1) is 12.2 Å². The van der Waals surface area contributed by atoms with Gasteiger partial charge in [-0.25, -0.2) is 13.6 Å².